The van der Waals surface area contributed by atoms with Crippen LogP contribution in [0.5, 0.6) is 0 Å². The molecule has 1 aromatic carbocycles. The molecule has 1 aliphatic carbocycles. The van der Waals surface area contributed by atoms with E-state index in [2.05, 4.69) is 49.1 Å². The van der Waals surface area contributed by atoms with E-state index in [4.69, 9.17) is 9.47 Å². The quantitative estimate of drug-likeness (QED) is 0.831. The average Bonchev–Trinajstić information content (AvgIpc) is 3.07. The minimum atomic E-state index is 0.321. The minimum absolute atomic E-state index is 0.321. The van der Waals surface area contributed by atoms with Gasteiger partial charge in [0.05, 0.1) is 0 Å². The van der Waals surface area contributed by atoms with Gasteiger partial charge in [0, 0.05) is 12.6 Å². The van der Waals surface area contributed by atoms with Crippen molar-refractivity contribution in [2.75, 3.05) is 6.79 Å². The molecular formula is C17H23NO2. The van der Waals surface area contributed by atoms with Crippen molar-refractivity contribution in [1.82, 2.24) is 4.90 Å². The molecule has 0 radical (unpaired) electrons. The average molecular weight is 273 g/mol. The topological polar surface area (TPSA) is 21.7 Å². The Morgan fingerprint density at radius 2 is 2.05 bits per heavy atom. The van der Waals surface area contributed by atoms with Gasteiger partial charge >= 0.3 is 0 Å². The van der Waals surface area contributed by atoms with Crippen LogP contribution < -0.4 is 0 Å². The van der Waals surface area contributed by atoms with E-state index >= 15 is 0 Å². The molecule has 0 bridgehead atoms. The van der Waals surface area contributed by atoms with Crippen molar-refractivity contribution in [3.63, 3.8) is 0 Å². The predicted molar refractivity (Wildman–Crippen MR) is 78.5 cm³/mol. The van der Waals surface area contributed by atoms with Crippen LogP contribution in [0.4, 0.5) is 0 Å². The number of hydrogen-bond acceptors (Lipinski definition) is 3. The lowest BCUT2D eigenvalue weighted by Crippen LogP contribution is -2.41. The molecule has 108 valence electrons. The molecule has 1 fully saturated rings. The number of nitrogens with zero attached hydrogens (tertiary/aromatic N) is 1. The molecule has 0 N–H and O–H groups in total. The fourth-order valence-electron chi connectivity index (χ4n) is 3.39. The van der Waals surface area contributed by atoms with E-state index in [0.29, 0.717) is 18.2 Å². The molecule has 1 aliphatic heterocycles. The van der Waals surface area contributed by atoms with Crippen molar-refractivity contribution in [2.24, 2.45) is 5.41 Å². The highest BCUT2D eigenvalue weighted by Crippen LogP contribution is 2.42. The normalized spacial score (nSPS) is 23.9. The van der Waals surface area contributed by atoms with Crippen molar-refractivity contribution in [2.45, 2.75) is 45.7 Å². The van der Waals surface area contributed by atoms with Gasteiger partial charge in [-0.15, -0.1) is 0 Å². The molecule has 3 rings (SSSR count). The highest BCUT2D eigenvalue weighted by Gasteiger charge is 2.40. The molecule has 1 aromatic rings. The van der Waals surface area contributed by atoms with Gasteiger partial charge in [-0.05, 0) is 23.8 Å². The van der Waals surface area contributed by atoms with Gasteiger partial charge in [-0.3, -0.25) is 0 Å². The summed E-state index contributed by atoms with van der Waals surface area (Å²) in [5.74, 6) is 0.883. The summed E-state index contributed by atoms with van der Waals surface area (Å²) in [6, 6.07) is 11.1. The fraction of sp³-hybridized carbons (Fsp3) is 0.529. The first-order valence-corrected chi connectivity index (χ1v) is 7.42. The van der Waals surface area contributed by atoms with E-state index in [1.807, 2.05) is 0 Å². The van der Waals surface area contributed by atoms with Gasteiger partial charge in [-0.25, -0.2) is 0 Å². The van der Waals surface area contributed by atoms with Crippen molar-refractivity contribution in [3.05, 3.63) is 48.0 Å². The predicted octanol–water partition coefficient (Wildman–Crippen LogP) is 3.87. The summed E-state index contributed by atoms with van der Waals surface area (Å²) in [6.07, 6.45) is 5.55. The molecule has 3 nitrogen and oxygen atoms in total. The third-order valence-electron chi connectivity index (χ3n) is 4.51. The van der Waals surface area contributed by atoms with Crippen LogP contribution in [-0.2, 0) is 16.0 Å². The molecule has 0 spiro atoms. The van der Waals surface area contributed by atoms with E-state index < -0.39 is 0 Å². The molecular weight excluding hydrogens is 250 g/mol. The maximum absolute atomic E-state index is 5.66. The Kier molecular flexibility index (Phi) is 3.60. The molecule has 0 aromatic heterocycles. The van der Waals surface area contributed by atoms with Crippen LogP contribution in [0.15, 0.2) is 42.5 Å². The largest absolute Gasteiger partial charge is 0.459 e. The fourth-order valence-corrected chi connectivity index (χ4v) is 3.39. The Bertz CT molecular complexity index is 481. The maximum Gasteiger partial charge on any atom is 0.232 e. The third-order valence-corrected chi connectivity index (χ3v) is 4.51. The monoisotopic (exact) mass is 273 g/mol. The molecule has 3 heteroatoms. The van der Waals surface area contributed by atoms with Crippen molar-refractivity contribution >= 4 is 0 Å². The van der Waals surface area contributed by atoms with Crippen molar-refractivity contribution < 1.29 is 9.47 Å². The third kappa shape index (κ3) is 2.62. The van der Waals surface area contributed by atoms with Crippen LogP contribution in [-0.4, -0.2) is 17.7 Å². The molecule has 2 aliphatic rings. The zero-order chi connectivity index (χ0) is 14.0. The van der Waals surface area contributed by atoms with Gasteiger partial charge in [0.1, 0.15) is 6.26 Å². The van der Waals surface area contributed by atoms with Crippen LogP contribution in [0.3, 0.4) is 0 Å². The summed E-state index contributed by atoms with van der Waals surface area (Å²) in [5.41, 5.74) is 1.63. The maximum atomic E-state index is 5.66. The van der Waals surface area contributed by atoms with Crippen LogP contribution in [0.1, 0.15) is 38.7 Å². The summed E-state index contributed by atoms with van der Waals surface area (Å²) < 4.78 is 10.9. The second-order valence-electron chi connectivity index (χ2n) is 6.40. The first-order chi connectivity index (χ1) is 9.67. The minimum Gasteiger partial charge on any atom is -0.459 e. The molecule has 1 saturated carbocycles. The molecule has 1 heterocycles. The van der Waals surface area contributed by atoms with Gasteiger partial charge in [-0.1, -0.05) is 50.6 Å². The summed E-state index contributed by atoms with van der Waals surface area (Å²) in [7, 11) is 0. The number of ether oxygens (including phenoxy) is 2. The van der Waals surface area contributed by atoms with Gasteiger partial charge in [0.15, 0.2) is 0 Å². The van der Waals surface area contributed by atoms with Gasteiger partial charge < -0.3 is 14.4 Å². The van der Waals surface area contributed by atoms with E-state index in [1.165, 1.54) is 24.8 Å². The lowest BCUT2D eigenvalue weighted by atomic mass is 9.86. The van der Waals surface area contributed by atoms with Crippen molar-refractivity contribution in [1.29, 1.82) is 0 Å². The smallest absolute Gasteiger partial charge is 0.232 e. The lowest BCUT2D eigenvalue weighted by molar-refractivity contribution is 0.0189. The van der Waals surface area contributed by atoms with Crippen LogP contribution in [0.25, 0.3) is 0 Å². The van der Waals surface area contributed by atoms with Crippen LogP contribution in [0.2, 0.25) is 0 Å². The Morgan fingerprint density at radius 1 is 1.25 bits per heavy atom. The number of hydrogen-bond donors (Lipinski definition) is 0. The van der Waals surface area contributed by atoms with Gasteiger partial charge in [-0.2, -0.15) is 0 Å². The second-order valence-corrected chi connectivity index (χ2v) is 6.40. The Morgan fingerprint density at radius 3 is 2.65 bits per heavy atom. The van der Waals surface area contributed by atoms with Crippen LogP contribution >= 0.6 is 0 Å². The zero-order valence-electron chi connectivity index (χ0n) is 12.3. The molecule has 1 atom stereocenters. The number of rotatable bonds is 4. The standard InChI is InChI=1S/C17H23NO2/c1-17(2)10-6-9-15(17)18(16-12-19-13-20-16)11-14-7-4-3-5-8-14/h3-5,7-8,12,15H,6,9-11,13H2,1-2H3. The Labute approximate surface area is 121 Å². The van der Waals surface area contributed by atoms with Crippen molar-refractivity contribution in [3.8, 4) is 0 Å². The Hall–Kier alpha value is -1.64. The molecule has 0 amide bonds. The highest BCUT2D eigenvalue weighted by atomic mass is 16.7. The Balaban J connectivity index is 1.84. The van der Waals surface area contributed by atoms with E-state index in [0.717, 1.165) is 12.4 Å². The second kappa shape index (κ2) is 5.39. The summed E-state index contributed by atoms with van der Waals surface area (Å²) >= 11 is 0. The zero-order valence-corrected chi connectivity index (χ0v) is 12.3. The molecule has 1 unspecified atom stereocenters. The first-order valence-electron chi connectivity index (χ1n) is 7.42. The van der Waals surface area contributed by atoms with E-state index in [-0.39, 0.29) is 0 Å². The van der Waals surface area contributed by atoms with Gasteiger partial charge in [0.25, 0.3) is 0 Å². The summed E-state index contributed by atoms with van der Waals surface area (Å²) in [5, 5.41) is 0. The van der Waals surface area contributed by atoms with Gasteiger partial charge in [0.2, 0.25) is 12.7 Å². The lowest BCUT2D eigenvalue weighted by Gasteiger charge is -2.38. The van der Waals surface area contributed by atoms with E-state index in [1.54, 1.807) is 6.26 Å². The molecule has 20 heavy (non-hydrogen) atoms. The SMILES string of the molecule is CC1(C)CCCC1N(Cc1ccccc1)C1=COCO1. The number of benzene rings is 1. The summed E-state index contributed by atoms with van der Waals surface area (Å²) in [6.45, 7) is 5.94. The molecule has 0 saturated heterocycles. The highest BCUT2D eigenvalue weighted by molar-refractivity contribution is 5.16. The van der Waals surface area contributed by atoms with E-state index in [9.17, 15) is 0 Å². The van der Waals surface area contributed by atoms with Crippen LogP contribution in [0, 0.1) is 5.41 Å². The summed E-state index contributed by atoms with van der Waals surface area (Å²) in [4.78, 5) is 2.38. The first kappa shape index (κ1) is 13.3.